The van der Waals surface area contributed by atoms with Gasteiger partial charge in [0.05, 0.1) is 0 Å². The Morgan fingerprint density at radius 2 is 2.06 bits per heavy atom. The van der Waals surface area contributed by atoms with Gasteiger partial charge < -0.3 is 14.1 Å². The van der Waals surface area contributed by atoms with E-state index in [1.165, 1.54) is 5.56 Å². The Morgan fingerprint density at radius 3 is 2.72 bits per heavy atom. The van der Waals surface area contributed by atoms with Crippen molar-refractivity contribution in [2.75, 3.05) is 13.1 Å². The number of hydrogen-bond donors (Lipinski definition) is 0. The second-order valence-corrected chi connectivity index (χ2v) is 6.25. The maximum atomic E-state index is 12.0. The molecule has 0 spiro atoms. The standard InChI is InChI=1S/C13H18BrNO3/c1-13(2,3)18-12(16)15-6-4-9-8-11(14)17-10(9)5-7-15/h8H,4-7H2,1-3H3. The molecule has 0 saturated carbocycles. The zero-order chi connectivity index (χ0) is 13.3. The van der Waals surface area contributed by atoms with Crippen LogP contribution in [-0.4, -0.2) is 29.7 Å². The fourth-order valence-electron chi connectivity index (χ4n) is 1.97. The molecule has 0 bridgehead atoms. The molecular weight excluding hydrogens is 298 g/mol. The highest BCUT2D eigenvalue weighted by molar-refractivity contribution is 9.10. The van der Waals surface area contributed by atoms with Crippen LogP contribution in [0.1, 0.15) is 32.1 Å². The number of ether oxygens (including phenoxy) is 1. The fraction of sp³-hybridized carbons (Fsp3) is 0.615. The lowest BCUT2D eigenvalue weighted by Gasteiger charge is -2.26. The molecule has 0 saturated heterocycles. The summed E-state index contributed by atoms with van der Waals surface area (Å²) in [6.45, 7) is 6.95. The van der Waals surface area contributed by atoms with Crippen LogP contribution in [0.15, 0.2) is 15.2 Å². The van der Waals surface area contributed by atoms with Crippen LogP contribution in [0, 0.1) is 0 Å². The number of halogens is 1. The SMILES string of the molecule is CC(C)(C)OC(=O)N1CCc2cc(Br)oc2CC1. The predicted octanol–water partition coefficient (Wildman–Crippen LogP) is 3.38. The lowest BCUT2D eigenvalue weighted by molar-refractivity contribution is 0.0257. The number of rotatable bonds is 0. The molecule has 100 valence electrons. The van der Waals surface area contributed by atoms with Crippen molar-refractivity contribution >= 4 is 22.0 Å². The van der Waals surface area contributed by atoms with E-state index in [1.54, 1.807) is 4.90 Å². The average molecular weight is 316 g/mol. The summed E-state index contributed by atoms with van der Waals surface area (Å²) in [7, 11) is 0. The maximum absolute atomic E-state index is 12.0. The van der Waals surface area contributed by atoms with Crippen LogP contribution in [0.25, 0.3) is 0 Å². The lowest BCUT2D eigenvalue weighted by atomic mass is 10.2. The molecule has 0 aromatic carbocycles. The van der Waals surface area contributed by atoms with Gasteiger partial charge in [-0.1, -0.05) is 0 Å². The van der Waals surface area contributed by atoms with Gasteiger partial charge in [-0.2, -0.15) is 0 Å². The van der Waals surface area contributed by atoms with E-state index in [0.29, 0.717) is 13.1 Å². The largest absolute Gasteiger partial charge is 0.454 e. The number of amides is 1. The van der Waals surface area contributed by atoms with E-state index >= 15 is 0 Å². The molecule has 1 aliphatic rings. The summed E-state index contributed by atoms with van der Waals surface area (Å²) in [5.41, 5.74) is 0.729. The maximum Gasteiger partial charge on any atom is 0.410 e. The number of hydrogen-bond acceptors (Lipinski definition) is 3. The van der Waals surface area contributed by atoms with Gasteiger partial charge in [0.2, 0.25) is 0 Å². The third-order valence-corrected chi connectivity index (χ3v) is 3.17. The Hall–Kier alpha value is -0.970. The molecule has 4 nitrogen and oxygen atoms in total. The smallest absolute Gasteiger partial charge is 0.410 e. The fourth-order valence-corrected chi connectivity index (χ4v) is 2.44. The third kappa shape index (κ3) is 3.28. The summed E-state index contributed by atoms with van der Waals surface area (Å²) < 4.78 is 11.7. The van der Waals surface area contributed by atoms with Gasteiger partial charge in [0.15, 0.2) is 4.67 Å². The quantitative estimate of drug-likeness (QED) is 0.737. The first-order valence-electron chi connectivity index (χ1n) is 6.10. The monoisotopic (exact) mass is 315 g/mol. The van der Waals surface area contributed by atoms with Crippen molar-refractivity contribution in [1.29, 1.82) is 0 Å². The van der Waals surface area contributed by atoms with Gasteiger partial charge in [-0.15, -0.1) is 0 Å². The minimum Gasteiger partial charge on any atom is -0.454 e. The van der Waals surface area contributed by atoms with Gasteiger partial charge in [-0.05, 0) is 54.8 Å². The Morgan fingerprint density at radius 1 is 1.39 bits per heavy atom. The zero-order valence-corrected chi connectivity index (χ0v) is 12.5. The van der Waals surface area contributed by atoms with Crippen molar-refractivity contribution in [2.24, 2.45) is 0 Å². The molecular formula is C13H18BrNO3. The molecule has 0 atom stereocenters. The first-order chi connectivity index (χ1) is 8.35. The van der Waals surface area contributed by atoms with Crippen molar-refractivity contribution in [2.45, 2.75) is 39.2 Å². The second kappa shape index (κ2) is 4.96. The Balaban J connectivity index is 2.00. The summed E-state index contributed by atoms with van der Waals surface area (Å²) in [5, 5.41) is 0. The van der Waals surface area contributed by atoms with Crippen molar-refractivity contribution < 1.29 is 13.9 Å². The normalized spacial score (nSPS) is 16.1. The molecule has 5 heteroatoms. The molecule has 1 aromatic heterocycles. The Bertz CT molecular complexity index is 422. The summed E-state index contributed by atoms with van der Waals surface area (Å²) in [6.07, 6.45) is 1.30. The molecule has 1 amide bonds. The minimum atomic E-state index is -0.445. The van der Waals surface area contributed by atoms with Gasteiger partial charge >= 0.3 is 6.09 Å². The molecule has 0 N–H and O–H groups in total. The van der Waals surface area contributed by atoms with E-state index in [1.807, 2.05) is 26.8 Å². The third-order valence-electron chi connectivity index (χ3n) is 2.78. The number of nitrogens with zero attached hydrogens (tertiary/aromatic N) is 1. The molecule has 0 unspecified atom stereocenters. The van der Waals surface area contributed by atoms with E-state index in [-0.39, 0.29) is 6.09 Å². The van der Waals surface area contributed by atoms with Crippen molar-refractivity contribution in [3.8, 4) is 0 Å². The van der Waals surface area contributed by atoms with Crippen LogP contribution in [-0.2, 0) is 17.6 Å². The van der Waals surface area contributed by atoms with Gasteiger partial charge in [-0.3, -0.25) is 0 Å². The first-order valence-corrected chi connectivity index (χ1v) is 6.89. The van der Waals surface area contributed by atoms with E-state index in [4.69, 9.17) is 9.15 Å². The minimum absolute atomic E-state index is 0.244. The molecule has 0 fully saturated rings. The second-order valence-electron chi connectivity index (χ2n) is 5.47. The average Bonchev–Trinajstić information content (AvgIpc) is 2.45. The summed E-state index contributed by atoms with van der Waals surface area (Å²) in [5.74, 6) is 0.966. The van der Waals surface area contributed by atoms with Crippen molar-refractivity contribution in [3.63, 3.8) is 0 Å². The van der Waals surface area contributed by atoms with Crippen LogP contribution in [0.5, 0.6) is 0 Å². The van der Waals surface area contributed by atoms with Gasteiger partial charge in [0.25, 0.3) is 0 Å². The van der Waals surface area contributed by atoms with Crippen LogP contribution in [0.2, 0.25) is 0 Å². The van der Waals surface area contributed by atoms with E-state index in [0.717, 1.165) is 23.3 Å². The van der Waals surface area contributed by atoms with E-state index in [9.17, 15) is 4.79 Å². The number of carbonyl (C=O) groups is 1. The zero-order valence-electron chi connectivity index (χ0n) is 11.0. The van der Waals surface area contributed by atoms with Crippen LogP contribution >= 0.6 is 15.9 Å². The highest BCUT2D eigenvalue weighted by atomic mass is 79.9. The molecule has 1 aromatic rings. The molecule has 1 aliphatic heterocycles. The summed E-state index contributed by atoms with van der Waals surface area (Å²) in [6, 6.07) is 1.98. The van der Waals surface area contributed by atoms with Crippen LogP contribution < -0.4 is 0 Å². The van der Waals surface area contributed by atoms with Crippen LogP contribution in [0.4, 0.5) is 4.79 Å². The van der Waals surface area contributed by atoms with E-state index in [2.05, 4.69) is 15.9 Å². The highest BCUT2D eigenvalue weighted by Gasteiger charge is 2.25. The summed E-state index contributed by atoms with van der Waals surface area (Å²) in [4.78, 5) is 13.7. The molecule has 18 heavy (non-hydrogen) atoms. The van der Waals surface area contributed by atoms with Crippen molar-refractivity contribution in [1.82, 2.24) is 4.90 Å². The molecule has 2 heterocycles. The predicted molar refractivity (Wildman–Crippen MR) is 71.6 cm³/mol. The number of furan rings is 1. The highest BCUT2D eigenvalue weighted by Crippen LogP contribution is 2.24. The molecule has 2 rings (SSSR count). The molecule has 0 radical (unpaired) electrons. The van der Waals surface area contributed by atoms with Crippen LogP contribution in [0.3, 0.4) is 0 Å². The van der Waals surface area contributed by atoms with Crippen molar-refractivity contribution in [3.05, 3.63) is 22.1 Å². The van der Waals surface area contributed by atoms with Gasteiger partial charge in [-0.25, -0.2) is 4.79 Å². The molecule has 0 aliphatic carbocycles. The summed E-state index contributed by atoms with van der Waals surface area (Å²) >= 11 is 3.33. The first kappa shape index (κ1) is 13.5. The Kier molecular flexibility index (Phi) is 3.71. The Labute approximate surface area is 115 Å². The number of fused-ring (bicyclic) bond motifs is 1. The van der Waals surface area contributed by atoms with Gasteiger partial charge in [0, 0.05) is 19.5 Å². The lowest BCUT2D eigenvalue weighted by Crippen LogP contribution is -2.38. The van der Waals surface area contributed by atoms with E-state index < -0.39 is 5.60 Å². The number of carbonyl (C=O) groups excluding carboxylic acids is 1. The van der Waals surface area contributed by atoms with Gasteiger partial charge in [0.1, 0.15) is 11.4 Å². The topological polar surface area (TPSA) is 42.7 Å².